The quantitative estimate of drug-likeness (QED) is 0.525. The number of hydrogen-bond donors (Lipinski definition) is 2. The molecule has 0 aliphatic carbocycles. The second kappa shape index (κ2) is 9.81. The average molecular weight is 290 g/mol. The minimum atomic E-state index is -0.303. The lowest BCUT2D eigenvalue weighted by Crippen LogP contribution is -2.42. The predicted octanol–water partition coefficient (Wildman–Crippen LogP) is 0.939. The van der Waals surface area contributed by atoms with E-state index in [1.807, 2.05) is 31.2 Å². The van der Waals surface area contributed by atoms with Gasteiger partial charge in [-0.2, -0.15) is 0 Å². The van der Waals surface area contributed by atoms with Crippen LogP contribution in [0.25, 0.3) is 0 Å². The van der Waals surface area contributed by atoms with Gasteiger partial charge in [-0.1, -0.05) is 24.1 Å². The highest BCUT2D eigenvalue weighted by atomic mass is 16.5. The average Bonchev–Trinajstić information content (AvgIpc) is 2.51. The van der Waals surface area contributed by atoms with Crippen molar-refractivity contribution in [2.24, 2.45) is 0 Å². The summed E-state index contributed by atoms with van der Waals surface area (Å²) >= 11 is 0. The SMILES string of the molecule is C#CCOc1ccccc1CNC(C)C(=O)NCCOC. The van der Waals surface area contributed by atoms with Crippen molar-refractivity contribution in [1.82, 2.24) is 10.6 Å². The van der Waals surface area contributed by atoms with Crippen LogP contribution in [0, 0.1) is 12.3 Å². The van der Waals surface area contributed by atoms with Crippen molar-refractivity contribution < 1.29 is 14.3 Å². The third-order valence-electron chi connectivity index (χ3n) is 2.88. The number of hydrogen-bond acceptors (Lipinski definition) is 4. The third kappa shape index (κ3) is 6.30. The predicted molar refractivity (Wildman–Crippen MR) is 82.0 cm³/mol. The van der Waals surface area contributed by atoms with E-state index in [0.29, 0.717) is 19.7 Å². The summed E-state index contributed by atoms with van der Waals surface area (Å²) in [6, 6.07) is 7.30. The molecule has 1 atom stereocenters. The first-order valence-corrected chi connectivity index (χ1v) is 6.83. The fourth-order valence-electron chi connectivity index (χ4n) is 1.70. The summed E-state index contributed by atoms with van der Waals surface area (Å²) in [4.78, 5) is 11.8. The Bertz CT molecular complexity index is 483. The highest BCUT2D eigenvalue weighted by Crippen LogP contribution is 2.17. The zero-order chi connectivity index (χ0) is 15.5. The molecule has 0 fully saturated rings. The molecule has 1 aromatic carbocycles. The van der Waals surface area contributed by atoms with E-state index in [-0.39, 0.29) is 18.6 Å². The molecule has 0 radical (unpaired) electrons. The number of ether oxygens (including phenoxy) is 2. The van der Waals surface area contributed by atoms with Crippen LogP contribution in [-0.2, 0) is 16.1 Å². The van der Waals surface area contributed by atoms with E-state index < -0.39 is 0 Å². The standard InChI is InChI=1S/C16H22N2O3/c1-4-10-21-15-8-6-5-7-14(15)12-18-13(2)16(19)17-9-11-20-3/h1,5-8,13,18H,9-12H2,2-3H3,(H,17,19). The van der Waals surface area contributed by atoms with Crippen molar-refractivity contribution in [2.75, 3.05) is 26.9 Å². The topological polar surface area (TPSA) is 59.6 Å². The van der Waals surface area contributed by atoms with E-state index in [1.54, 1.807) is 7.11 Å². The second-order valence-corrected chi connectivity index (χ2v) is 4.49. The molecule has 0 saturated heterocycles. The molecule has 0 heterocycles. The lowest BCUT2D eigenvalue weighted by molar-refractivity contribution is -0.122. The second-order valence-electron chi connectivity index (χ2n) is 4.49. The molecule has 5 nitrogen and oxygen atoms in total. The summed E-state index contributed by atoms with van der Waals surface area (Å²) in [5.74, 6) is 3.11. The van der Waals surface area contributed by atoms with Crippen LogP contribution in [0.15, 0.2) is 24.3 Å². The van der Waals surface area contributed by atoms with Crippen molar-refractivity contribution >= 4 is 5.91 Å². The molecule has 2 N–H and O–H groups in total. The van der Waals surface area contributed by atoms with Crippen LogP contribution in [0.1, 0.15) is 12.5 Å². The maximum atomic E-state index is 11.8. The summed E-state index contributed by atoms with van der Waals surface area (Å²) in [6.07, 6.45) is 5.19. The zero-order valence-electron chi connectivity index (χ0n) is 12.5. The summed E-state index contributed by atoms with van der Waals surface area (Å²) in [5.41, 5.74) is 0.962. The maximum absolute atomic E-state index is 11.8. The highest BCUT2D eigenvalue weighted by Gasteiger charge is 2.12. The molecule has 1 rings (SSSR count). The Hall–Kier alpha value is -2.03. The van der Waals surface area contributed by atoms with Crippen LogP contribution in [0.4, 0.5) is 0 Å². The van der Waals surface area contributed by atoms with Crippen molar-refractivity contribution in [3.63, 3.8) is 0 Å². The first kappa shape index (κ1) is 17.0. The van der Waals surface area contributed by atoms with Gasteiger partial charge in [-0.3, -0.25) is 4.79 Å². The Labute approximate surface area is 126 Å². The van der Waals surface area contributed by atoms with Gasteiger partial charge in [0.2, 0.25) is 5.91 Å². The Balaban J connectivity index is 2.47. The monoisotopic (exact) mass is 290 g/mol. The van der Waals surface area contributed by atoms with Crippen molar-refractivity contribution in [2.45, 2.75) is 19.5 Å². The molecule has 0 bridgehead atoms. The summed E-state index contributed by atoms with van der Waals surface area (Å²) < 4.78 is 10.4. The van der Waals surface area contributed by atoms with Gasteiger partial charge < -0.3 is 20.1 Å². The first-order chi connectivity index (χ1) is 10.2. The lowest BCUT2D eigenvalue weighted by Gasteiger charge is -2.15. The molecular formula is C16H22N2O3. The number of carbonyl (C=O) groups excluding carboxylic acids is 1. The van der Waals surface area contributed by atoms with Crippen LogP contribution < -0.4 is 15.4 Å². The number of nitrogens with one attached hydrogen (secondary N) is 2. The molecule has 1 unspecified atom stereocenters. The van der Waals surface area contributed by atoms with Gasteiger partial charge in [0.1, 0.15) is 12.4 Å². The van der Waals surface area contributed by atoms with Gasteiger partial charge in [-0.05, 0) is 13.0 Å². The fraction of sp³-hybridized carbons (Fsp3) is 0.438. The Morgan fingerprint density at radius 1 is 1.43 bits per heavy atom. The number of carbonyl (C=O) groups is 1. The van der Waals surface area contributed by atoms with E-state index in [4.69, 9.17) is 15.9 Å². The molecule has 0 aliphatic rings. The molecule has 0 spiro atoms. The van der Waals surface area contributed by atoms with Crippen molar-refractivity contribution in [3.8, 4) is 18.1 Å². The molecule has 1 aromatic rings. The molecule has 5 heteroatoms. The van der Waals surface area contributed by atoms with Crippen LogP contribution in [-0.4, -0.2) is 38.8 Å². The van der Waals surface area contributed by atoms with Crippen LogP contribution >= 0.6 is 0 Å². The lowest BCUT2D eigenvalue weighted by atomic mass is 10.2. The fourth-order valence-corrected chi connectivity index (χ4v) is 1.70. The number of terminal acetylenes is 1. The van der Waals surface area contributed by atoms with E-state index in [1.165, 1.54) is 0 Å². The van der Waals surface area contributed by atoms with E-state index in [9.17, 15) is 4.79 Å². The van der Waals surface area contributed by atoms with Crippen LogP contribution in [0.2, 0.25) is 0 Å². The highest BCUT2D eigenvalue weighted by molar-refractivity contribution is 5.81. The van der Waals surface area contributed by atoms with Crippen molar-refractivity contribution in [1.29, 1.82) is 0 Å². The summed E-state index contributed by atoms with van der Waals surface area (Å²) in [6.45, 7) is 3.57. The van der Waals surface area contributed by atoms with Crippen molar-refractivity contribution in [3.05, 3.63) is 29.8 Å². The molecule has 21 heavy (non-hydrogen) atoms. The Morgan fingerprint density at radius 3 is 2.90 bits per heavy atom. The van der Waals surface area contributed by atoms with Crippen LogP contribution in [0.3, 0.4) is 0 Å². The third-order valence-corrected chi connectivity index (χ3v) is 2.88. The Morgan fingerprint density at radius 2 is 2.19 bits per heavy atom. The molecule has 114 valence electrons. The molecular weight excluding hydrogens is 268 g/mol. The molecule has 0 saturated carbocycles. The summed E-state index contributed by atoms with van der Waals surface area (Å²) in [7, 11) is 1.60. The van der Waals surface area contributed by atoms with Gasteiger partial charge in [0.05, 0.1) is 12.6 Å². The van der Waals surface area contributed by atoms with E-state index in [2.05, 4.69) is 16.6 Å². The number of amides is 1. The molecule has 1 amide bonds. The van der Waals surface area contributed by atoms with Gasteiger partial charge >= 0.3 is 0 Å². The first-order valence-electron chi connectivity index (χ1n) is 6.83. The molecule has 0 aromatic heterocycles. The van der Waals surface area contributed by atoms with E-state index in [0.717, 1.165) is 11.3 Å². The van der Waals surface area contributed by atoms with Gasteiger partial charge in [-0.15, -0.1) is 6.42 Å². The molecule has 0 aliphatic heterocycles. The van der Waals surface area contributed by atoms with Gasteiger partial charge in [-0.25, -0.2) is 0 Å². The Kier molecular flexibility index (Phi) is 7.95. The van der Waals surface area contributed by atoms with Crippen LogP contribution in [0.5, 0.6) is 5.75 Å². The zero-order valence-corrected chi connectivity index (χ0v) is 12.5. The number of rotatable bonds is 9. The maximum Gasteiger partial charge on any atom is 0.236 e. The largest absolute Gasteiger partial charge is 0.481 e. The van der Waals surface area contributed by atoms with E-state index >= 15 is 0 Å². The minimum absolute atomic E-state index is 0.0610. The van der Waals surface area contributed by atoms with Gasteiger partial charge in [0.15, 0.2) is 0 Å². The number of methoxy groups -OCH3 is 1. The summed E-state index contributed by atoms with van der Waals surface area (Å²) in [5, 5.41) is 5.94. The minimum Gasteiger partial charge on any atom is -0.481 e. The normalized spacial score (nSPS) is 11.5. The number of para-hydroxylation sites is 1. The number of benzene rings is 1. The van der Waals surface area contributed by atoms with Gasteiger partial charge in [0.25, 0.3) is 0 Å². The smallest absolute Gasteiger partial charge is 0.236 e. The van der Waals surface area contributed by atoms with Gasteiger partial charge in [0, 0.05) is 25.8 Å².